The van der Waals surface area contributed by atoms with Crippen molar-refractivity contribution in [2.45, 2.75) is 17.0 Å². The molecule has 0 amide bonds. The van der Waals surface area contributed by atoms with Crippen molar-refractivity contribution < 1.29 is 0 Å². The lowest BCUT2D eigenvalue weighted by molar-refractivity contribution is 0.383. The Morgan fingerprint density at radius 3 is 2.72 bits per heavy atom. The maximum atomic E-state index is 4.95. The number of fused-ring (bicyclic) bond motifs is 2. The Morgan fingerprint density at radius 1 is 1.12 bits per heavy atom. The van der Waals surface area contributed by atoms with Crippen LogP contribution in [0.1, 0.15) is 15.3 Å². The lowest BCUT2D eigenvalue weighted by Gasteiger charge is -2.20. The second-order valence-electron chi connectivity index (χ2n) is 6.88. The summed E-state index contributed by atoms with van der Waals surface area (Å²) in [6.45, 7) is 3.89. The van der Waals surface area contributed by atoms with Crippen LogP contribution in [-0.4, -0.2) is 41.6 Å². The van der Waals surface area contributed by atoms with Gasteiger partial charge in [-0.25, -0.2) is 4.98 Å². The molecule has 1 aromatic heterocycles. The van der Waals surface area contributed by atoms with Crippen molar-refractivity contribution in [3.63, 3.8) is 0 Å². The topological polar surface area (TPSA) is 24.3 Å². The fourth-order valence-electron chi connectivity index (χ4n) is 3.55. The first kappa shape index (κ1) is 16.8. The molecule has 1 aliphatic rings. The minimum absolute atomic E-state index is 0.549. The van der Waals surface area contributed by atoms with Crippen molar-refractivity contribution in [1.29, 1.82) is 0 Å². The molecule has 130 valence electrons. The number of alkyl halides is 1. The number of rotatable bonds is 5. The van der Waals surface area contributed by atoms with E-state index in [1.165, 1.54) is 16.8 Å². The highest BCUT2D eigenvalue weighted by molar-refractivity contribution is 14.1. The molecule has 4 nitrogen and oxygen atoms in total. The molecule has 0 fully saturated rings. The number of anilines is 1. The molecule has 0 N–H and O–H groups in total. The molecular weight excluding hydrogens is 423 g/mol. The number of para-hydroxylation sites is 3. The van der Waals surface area contributed by atoms with Crippen molar-refractivity contribution >= 4 is 39.3 Å². The van der Waals surface area contributed by atoms with E-state index in [-0.39, 0.29) is 0 Å². The third-order valence-corrected chi connectivity index (χ3v) is 5.90. The van der Waals surface area contributed by atoms with Crippen LogP contribution in [0, 0.1) is 0 Å². The lowest BCUT2D eigenvalue weighted by Crippen LogP contribution is -2.25. The number of likely N-dealkylation sites (N-methyl/N-ethyl adjacent to an activating group) is 1. The largest absolute Gasteiger partial charge is 0.362 e. The Hall–Kier alpha value is -1.60. The number of imidazole rings is 1. The van der Waals surface area contributed by atoms with Crippen molar-refractivity contribution in [2.75, 3.05) is 32.1 Å². The summed E-state index contributed by atoms with van der Waals surface area (Å²) in [5, 5.41) is 0. The highest BCUT2D eigenvalue weighted by Gasteiger charge is 2.27. The number of nitrogens with zero attached hydrogens (tertiary/aromatic N) is 4. The van der Waals surface area contributed by atoms with Gasteiger partial charge >= 0.3 is 0 Å². The van der Waals surface area contributed by atoms with E-state index >= 15 is 0 Å². The van der Waals surface area contributed by atoms with E-state index in [1.54, 1.807) is 0 Å². The molecule has 0 saturated heterocycles. The van der Waals surface area contributed by atoms with E-state index in [2.05, 4.69) is 99.6 Å². The second-order valence-corrected chi connectivity index (χ2v) is 8.38. The van der Waals surface area contributed by atoms with Gasteiger partial charge in [0.1, 0.15) is 5.82 Å². The Labute approximate surface area is 162 Å². The molecule has 1 unspecified atom stereocenters. The molecule has 4 rings (SSSR count). The molecular formula is C20H23IN4. The zero-order valence-electron chi connectivity index (χ0n) is 14.7. The highest BCUT2D eigenvalue weighted by atomic mass is 127. The number of benzene rings is 2. The molecule has 1 aliphatic heterocycles. The summed E-state index contributed by atoms with van der Waals surface area (Å²) in [5.74, 6) is 1.16. The van der Waals surface area contributed by atoms with Gasteiger partial charge < -0.3 is 14.4 Å². The van der Waals surface area contributed by atoms with Gasteiger partial charge in [-0.05, 0) is 37.9 Å². The summed E-state index contributed by atoms with van der Waals surface area (Å²) in [5.41, 5.74) is 5.12. The van der Waals surface area contributed by atoms with Crippen molar-refractivity contribution in [3.05, 3.63) is 59.9 Å². The van der Waals surface area contributed by atoms with E-state index in [0.29, 0.717) is 3.92 Å². The monoisotopic (exact) mass is 446 g/mol. The molecule has 0 radical (unpaired) electrons. The van der Waals surface area contributed by atoms with Crippen LogP contribution in [0.3, 0.4) is 0 Å². The zero-order chi connectivity index (χ0) is 17.4. The molecule has 5 heteroatoms. The first-order valence-corrected chi connectivity index (χ1v) is 9.95. The van der Waals surface area contributed by atoms with Crippen molar-refractivity contribution in [3.8, 4) is 0 Å². The van der Waals surface area contributed by atoms with E-state index in [1.807, 2.05) is 0 Å². The summed E-state index contributed by atoms with van der Waals surface area (Å²) >= 11 is 2.55. The summed E-state index contributed by atoms with van der Waals surface area (Å²) in [4.78, 5) is 9.65. The predicted octanol–water partition coefficient (Wildman–Crippen LogP) is 4.09. The van der Waals surface area contributed by atoms with E-state index in [9.17, 15) is 0 Å². The minimum atomic E-state index is 0.549. The number of halogens is 1. The average molecular weight is 446 g/mol. The highest BCUT2D eigenvalue weighted by Crippen LogP contribution is 2.40. The second kappa shape index (κ2) is 6.96. The Kier molecular flexibility index (Phi) is 4.69. The summed E-state index contributed by atoms with van der Waals surface area (Å²) in [6.07, 6.45) is 0. The van der Waals surface area contributed by atoms with Gasteiger partial charge in [-0.2, -0.15) is 0 Å². The van der Waals surface area contributed by atoms with Gasteiger partial charge in [0.15, 0.2) is 0 Å². The minimum Gasteiger partial charge on any atom is -0.362 e. The Balaban J connectivity index is 1.69. The molecule has 25 heavy (non-hydrogen) atoms. The van der Waals surface area contributed by atoms with Gasteiger partial charge in [0.25, 0.3) is 0 Å². The summed E-state index contributed by atoms with van der Waals surface area (Å²) in [7, 11) is 4.24. The molecule has 0 bridgehead atoms. The van der Waals surface area contributed by atoms with Crippen LogP contribution in [0.4, 0.5) is 5.69 Å². The fourth-order valence-corrected chi connectivity index (χ4v) is 4.55. The molecule has 0 spiro atoms. The van der Waals surface area contributed by atoms with Gasteiger partial charge in [0, 0.05) is 25.3 Å². The normalized spacial score (nSPS) is 16.8. The average Bonchev–Trinajstić information content (AvgIpc) is 3.11. The third kappa shape index (κ3) is 3.27. The predicted molar refractivity (Wildman–Crippen MR) is 113 cm³/mol. The fraction of sp³-hybridized carbons (Fsp3) is 0.350. The van der Waals surface area contributed by atoms with Crippen molar-refractivity contribution in [1.82, 2.24) is 14.5 Å². The zero-order valence-corrected chi connectivity index (χ0v) is 16.8. The molecule has 0 aliphatic carbocycles. The van der Waals surface area contributed by atoms with Crippen LogP contribution in [0.2, 0.25) is 0 Å². The van der Waals surface area contributed by atoms with Gasteiger partial charge in [-0.15, -0.1) is 0 Å². The number of hydrogen-bond donors (Lipinski definition) is 0. The number of hydrogen-bond acceptors (Lipinski definition) is 3. The van der Waals surface area contributed by atoms with Crippen LogP contribution < -0.4 is 4.90 Å². The first-order valence-electron chi connectivity index (χ1n) is 8.70. The smallest absolute Gasteiger partial charge is 0.129 e. The van der Waals surface area contributed by atoms with Gasteiger partial charge in [0.05, 0.1) is 21.5 Å². The molecule has 3 aromatic rings. The molecule has 2 heterocycles. The lowest BCUT2D eigenvalue weighted by atomic mass is 10.2. The standard InChI is InChI=1S/C20H23IN4/c1-23(2)11-12-25-19-10-6-4-8-17(19)22-20(25)14-24-13-16(21)15-7-3-5-9-18(15)24/h3-10,16H,11-14H2,1-2H3. The van der Waals surface area contributed by atoms with Gasteiger partial charge in [-0.3, -0.25) is 0 Å². The molecule has 0 saturated carbocycles. The maximum Gasteiger partial charge on any atom is 0.129 e. The van der Waals surface area contributed by atoms with Crippen LogP contribution in [-0.2, 0) is 13.1 Å². The first-order chi connectivity index (χ1) is 12.1. The SMILES string of the molecule is CN(C)CCn1c(CN2CC(I)c3ccccc32)nc2ccccc21. The maximum absolute atomic E-state index is 4.95. The van der Waals surface area contributed by atoms with Crippen LogP contribution >= 0.6 is 22.6 Å². The van der Waals surface area contributed by atoms with Crippen LogP contribution in [0.5, 0.6) is 0 Å². The van der Waals surface area contributed by atoms with Gasteiger partial charge in [-0.1, -0.05) is 52.9 Å². The molecule has 1 atom stereocenters. The quantitative estimate of drug-likeness (QED) is 0.436. The van der Waals surface area contributed by atoms with Crippen LogP contribution in [0.15, 0.2) is 48.5 Å². The summed E-state index contributed by atoms with van der Waals surface area (Å²) < 4.78 is 2.94. The van der Waals surface area contributed by atoms with Gasteiger partial charge in [0.2, 0.25) is 0 Å². The van der Waals surface area contributed by atoms with Crippen molar-refractivity contribution in [2.24, 2.45) is 0 Å². The van der Waals surface area contributed by atoms with E-state index in [0.717, 1.165) is 37.5 Å². The van der Waals surface area contributed by atoms with E-state index in [4.69, 9.17) is 4.98 Å². The Morgan fingerprint density at radius 2 is 1.88 bits per heavy atom. The van der Waals surface area contributed by atoms with E-state index < -0.39 is 0 Å². The van der Waals surface area contributed by atoms with Crippen LogP contribution in [0.25, 0.3) is 11.0 Å². The molecule has 2 aromatic carbocycles. The number of aromatic nitrogens is 2. The third-order valence-electron chi connectivity index (χ3n) is 4.83. The Bertz CT molecular complexity index is 886. The summed E-state index contributed by atoms with van der Waals surface area (Å²) in [6, 6.07) is 17.2.